The Hall–Kier alpha value is -2.68. The van der Waals surface area contributed by atoms with Crippen molar-refractivity contribution in [3.8, 4) is 28.3 Å². The van der Waals surface area contributed by atoms with Crippen LogP contribution in [0.1, 0.15) is 109 Å². The molecule has 1 aliphatic carbocycles. The lowest BCUT2D eigenvalue weighted by Gasteiger charge is -2.09. The smallest absolute Gasteiger partial charge is 0.159 e. The molecule has 0 atom stereocenters. The van der Waals surface area contributed by atoms with Gasteiger partial charge in [0, 0.05) is 23.5 Å². The van der Waals surface area contributed by atoms with Gasteiger partial charge in [0.15, 0.2) is 5.82 Å². The Morgan fingerprint density at radius 1 is 0.658 bits per heavy atom. The van der Waals surface area contributed by atoms with Crippen LogP contribution in [0, 0.1) is 5.92 Å². The fraction of sp³-hybridized carbons (Fsp3) is 0.543. The van der Waals surface area contributed by atoms with Crippen LogP contribution in [0.3, 0.4) is 0 Å². The van der Waals surface area contributed by atoms with Gasteiger partial charge in [-0.15, -0.1) is 0 Å². The van der Waals surface area contributed by atoms with E-state index in [0.29, 0.717) is 0 Å². The molecule has 0 N–H and O–H groups in total. The Morgan fingerprint density at radius 2 is 1.29 bits per heavy atom. The van der Waals surface area contributed by atoms with Crippen molar-refractivity contribution >= 4 is 0 Å². The first-order chi connectivity index (χ1) is 18.8. The molecule has 0 unspecified atom stereocenters. The number of nitrogens with zero attached hydrogens (tertiary/aromatic N) is 2. The zero-order chi connectivity index (χ0) is 26.3. The van der Waals surface area contributed by atoms with Crippen LogP contribution in [0.5, 0.6) is 5.75 Å². The van der Waals surface area contributed by atoms with Crippen LogP contribution in [0.25, 0.3) is 22.5 Å². The molecule has 1 saturated carbocycles. The highest BCUT2D eigenvalue weighted by Crippen LogP contribution is 2.29. The predicted octanol–water partition coefficient (Wildman–Crippen LogP) is 10.2. The van der Waals surface area contributed by atoms with E-state index in [-0.39, 0.29) is 0 Å². The highest BCUT2D eigenvalue weighted by atomic mass is 16.5. The third-order valence-electron chi connectivity index (χ3n) is 8.12. The summed E-state index contributed by atoms with van der Waals surface area (Å²) in [6.07, 6.45) is 25.5. The molecule has 0 aliphatic heterocycles. The van der Waals surface area contributed by atoms with Crippen molar-refractivity contribution in [1.29, 1.82) is 0 Å². The van der Waals surface area contributed by atoms with E-state index >= 15 is 0 Å². The standard InChI is InChI=1S/C35H48N2O/c1-2-3-4-6-9-15-30-18-20-32(21-19-30)35-36-27-33(28-37-35)31-22-24-34(25-23-31)38-26-13-8-5-7-10-14-29-16-11-12-17-29/h18-25,27-29H,2-17,26H2,1H3. The maximum atomic E-state index is 5.98. The number of hydrogen-bond acceptors (Lipinski definition) is 3. The van der Waals surface area contributed by atoms with Crippen molar-refractivity contribution in [1.82, 2.24) is 9.97 Å². The average molecular weight is 513 g/mol. The van der Waals surface area contributed by atoms with Gasteiger partial charge in [-0.3, -0.25) is 0 Å². The highest BCUT2D eigenvalue weighted by Gasteiger charge is 2.13. The molecule has 204 valence electrons. The lowest BCUT2D eigenvalue weighted by atomic mass is 9.99. The van der Waals surface area contributed by atoms with Crippen molar-refractivity contribution in [2.75, 3.05) is 6.61 Å². The molecule has 38 heavy (non-hydrogen) atoms. The van der Waals surface area contributed by atoms with E-state index in [4.69, 9.17) is 4.74 Å². The van der Waals surface area contributed by atoms with Crippen LogP contribution in [0.2, 0.25) is 0 Å². The van der Waals surface area contributed by atoms with E-state index in [1.165, 1.54) is 95.5 Å². The molecule has 0 bridgehead atoms. The van der Waals surface area contributed by atoms with Crippen LogP contribution < -0.4 is 4.74 Å². The lowest BCUT2D eigenvalue weighted by molar-refractivity contribution is 0.304. The normalized spacial score (nSPS) is 13.7. The molecule has 0 spiro atoms. The minimum Gasteiger partial charge on any atom is -0.494 e. The summed E-state index contributed by atoms with van der Waals surface area (Å²) in [6.45, 7) is 3.07. The summed E-state index contributed by atoms with van der Waals surface area (Å²) in [5, 5.41) is 0. The van der Waals surface area contributed by atoms with E-state index in [9.17, 15) is 0 Å². The highest BCUT2D eigenvalue weighted by molar-refractivity contribution is 5.64. The minimum absolute atomic E-state index is 0.779. The van der Waals surface area contributed by atoms with Crippen molar-refractivity contribution in [2.24, 2.45) is 5.92 Å². The summed E-state index contributed by atoms with van der Waals surface area (Å²) in [5.41, 5.74) is 4.62. The third kappa shape index (κ3) is 9.57. The Morgan fingerprint density at radius 3 is 2.03 bits per heavy atom. The molecule has 0 amide bonds. The van der Waals surface area contributed by atoms with Gasteiger partial charge in [-0.05, 0) is 48.4 Å². The van der Waals surface area contributed by atoms with Crippen LogP contribution in [0.4, 0.5) is 0 Å². The van der Waals surface area contributed by atoms with Crippen LogP contribution in [0.15, 0.2) is 60.9 Å². The summed E-state index contributed by atoms with van der Waals surface area (Å²) in [6, 6.07) is 17.1. The molecule has 3 heteroatoms. The maximum Gasteiger partial charge on any atom is 0.159 e. The Balaban J connectivity index is 1.14. The number of benzene rings is 2. The second-order valence-corrected chi connectivity index (χ2v) is 11.2. The average Bonchev–Trinajstić information content (AvgIpc) is 3.49. The first kappa shape index (κ1) is 28.3. The number of hydrogen-bond donors (Lipinski definition) is 0. The SMILES string of the molecule is CCCCCCCc1ccc(-c2ncc(-c3ccc(OCCCCCCCC4CCCC4)cc3)cn2)cc1. The number of rotatable bonds is 17. The zero-order valence-corrected chi connectivity index (χ0v) is 23.7. The van der Waals surface area contributed by atoms with Gasteiger partial charge in [-0.25, -0.2) is 9.97 Å². The zero-order valence-electron chi connectivity index (χ0n) is 23.7. The largest absolute Gasteiger partial charge is 0.494 e. The quantitative estimate of drug-likeness (QED) is 0.169. The topological polar surface area (TPSA) is 35.0 Å². The van der Waals surface area contributed by atoms with Crippen molar-refractivity contribution in [2.45, 2.75) is 110 Å². The van der Waals surface area contributed by atoms with Crippen molar-refractivity contribution in [3.63, 3.8) is 0 Å². The van der Waals surface area contributed by atoms with Gasteiger partial charge < -0.3 is 4.74 Å². The predicted molar refractivity (Wildman–Crippen MR) is 161 cm³/mol. The number of unbranched alkanes of at least 4 members (excludes halogenated alkanes) is 8. The van der Waals surface area contributed by atoms with Crippen LogP contribution in [-0.2, 0) is 6.42 Å². The van der Waals surface area contributed by atoms with Crippen LogP contribution in [-0.4, -0.2) is 16.6 Å². The van der Waals surface area contributed by atoms with Gasteiger partial charge in [0.2, 0.25) is 0 Å². The van der Waals surface area contributed by atoms with E-state index in [2.05, 4.69) is 65.4 Å². The molecule has 2 aromatic carbocycles. The first-order valence-electron chi connectivity index (χ1n) is 15.5. The summed E-state index contributed by atoms with van der Waals surface area (Å²) >= 11 is 0. The fourth-order valence-electron chi connectivity index (χ4n) is 5.68. The molecule has 4 rings (SSSR count). The third-order valence-corrected chi connectivity index (χ3v) is 8.12. The maximum absolute atomic E-state index is 5.98. The van der Waals surface area contributed by atoms with E-state index in [1.807, 2.05) is 12.4 Å². The number of ether oxygens (including phenoxy) is 1. The molecule has 0 saturated heterocycles. The van der Waals surface area contributed by atoms with Gasteiger partial charge in [-0.1, -0.05) is 127 Å². The van der Waals surface area contributed by atoms with E-state index in [1.54, 1.807) is 0 Å². The lowest BCUT2D eigenvalue weighted by Crippen LogP contribution is -1.97. The Labute approximate surface area is 231 Å². The molecule has 1 heterocycles. The van der Waals surface area contributed by atoms with E-state index in [0.717, 1.165) is 53.6 Å². The first-order valence-corrected chi connectivity index (χ1v) is 15.5. The van der Waals surface area contributed by atoms with Gasteiger partial charge in [0.1, 0.15) is 5.75 Å². The summed E-state index contributed by atoms with van der Waals surface area (Å²) in [4.78, 5) is 9.29. The molecule has 1 fully saturated rings. The second kappa shape index (κ2) is 16.3. The van der Waals surface area contributed by atoms with Crippen LogP contribution >= 0.6 is 0 Å². The fourth-order valence-corrected chi connectivity index (χ4v) is 5.68. The summed E-state index contributed by atoms with van der Waals surface area (Å²) in [7, 11) is 0. The minimum atomic E-state index is 0.779. The molecule has 0 radical (unpaired) electrons. The number of aryl methyl sites for hydroxylation is 1. The van der Waals surface area contributed by atoms with Gasteiger partial charge in [-0.2, -0.15) is 0 Å². The summed E-state index contributed by atoms with van der Waals surface area (Å²) < 4.78 is 5.98. The monoisotopic (exact) mass is 512 g/mol. The van der Waals surface area contributed by atoms with E-state index < -0.39 is 0 Å². The van der Waals surface area contributed by atoms with Crippen molar-refractivity contribution < 1.29 is 4.74 Å². The van der Waals surface area contributed by atoms with Crippen molar-refractivity contribution in [3.05, 3.63) is 66.5 Å². The Kier molecular flexibility index (Phi) is 12.2. The molecular formula is C35H48N2O. The number of aromatic nitrogens is 2. The molecule has 1 aromatic heterocycles. The van der Waals surface area contributed by atoms with Gasteiger partial charge in [0.05, 0.1) is 6.61 Å². The van der Waals surface area contributed by atoms with Gasteiger partial charge >= 0.3 is 0 Å². The Bertz CT molecular complexity index is 1020. The second-order valence-electron chi connectivity index (χ2n) is 11.2. The van der Waals surface area contributed by atoms with Gasteiger partial charge in [0.25, 0.3) is 0 Å². The molecule has 1 aliphatic rings. The molecule has 3 nitrogen and oxygen atoms in total. The summed E-state index contributed by atoms with van der Waals surface area (Å²) in [5.74, 6) is 2.76. The molecule has 3 aromatic rings. The molecular weight excluding hydrogens is 464 g/mol.